The van der Waals surface area contributed by atoms with Crippen molar-refractivity contribution in [3.63, 3.8) is 0 Å². The van der Waals surface area contributed by atoms with Crippen molar-refractivity contribution in [3.05, 3.63) is 42.0 Å². The number of amides is 1. The van der Waals surface area contributed by atoms with Crippen LogP contribution in [0.2, 0.25) is 0 Å². The molecule has 0 radical (unpaired) electrons. The van der Waals surface area contributed by atoms with Gasteiger partial charge in [-0.1, -0.05) is 0 Å². The van der Waals surface area contributed by atoms with Gasteiger partial charge in [0, 0.05) is 18.6 Å². The molecule has 1 amide bonds. The third-order valence-corrected chi connectivity index (χ3v) is 2.07. The fourth-order valence-corrected chi connectivity index (χ4v) is 1.31. The Kier molecular flexibility index (Phi) is 2.75. The summed E-state index contributed by atoms with van der Waals surface area (Å²) in [7, 11) is 0. The molecule has 2 aromatic heterocycles. The van der Waals surface area contributed by atoms with Gasteiger partial charge in [-0.05, 0) is 12.1 Å². The Balaban J connectivity index is 2.53. The lowest BCUT2D eigenvalue weighted by Gasteiger charge is -2.03. The van der Waals surface area contributed by atoms with Gasteiger partial charge >= 0.3 is 0 Å². The summed E-state index contributed by atoms with van der Waals surface area (Å²) in [6, 6.07) is 5.13. The summed E-state index contributed by atoms with van der Waals surface area (Å²) in [5.41, 5.74) is 6.43. The molecule has 0 aliphatic heterocycles. The molecule has 0 atom stereocenters. The van der Waals surface area contributed by atoms with Crippen LogP contribution in [-0.4, -0.2) is 20.9 Å². The first kappa shape index (κ1) is 10.7. The second-order valence-electron chi connectivity index (χ2n) is 3.16. The number of aromatic nitrogens is 3. The van der Waals surface area contributed by atoms with Crippen LogP contribution in [0.4, 0.5) is 0 Å². The Morgan fingerprint density at radius 1 is 1.24 bits per heavy atom. The number of carbonyl (C=O) groups excluding carboxylic acids is 1. The van der Waals surface area contributed by atoms with E-state index >= 15 is 0 Å². The average Bonchev–Trinajstić information content (AvgIpc) is 2.39. The molecule has 2 N–H and O–H groups in total. The smallest absolute Gasteiger partial charge is 0.269 e. The lowest BCUT2D eigenvalue weighted by atomic mass is 10.2. The molecule has 0 bridgehead atoms. The van der Waals surface area contributed by atoms with Crippen molar-refractivity contribution >= 4 is 5.91 Å². The van der Waals surface area contributed by atoms with Gasteiger partial charge in [0.2, 0.25) is 0 Å². The monoisotopic (exact) mass is 225 g/mol. The van der Waals surface area contributed by atoms with Crippen LogP contribution < -0.4 is 5.73 Å². The van der Waals surface area contributed by atoms with Gasteiger partial charge in [-0.25, -0.2) is 4.98 Å². The van der Waals surface area contributed by atoms with Crippen molar-refractivity contribution in [2.24, 2.45) is 5.73 Å². The highest BCUT2D eigenvalue weighted by Crippen LogP contribution is 2.16. The summed E-state index contributed by atoms with van der Waals surface area (Å²) < 4.78 is 0. The van der Waals surface area contributed by atoms with E-state index in [0.717, 1.165) is 0 Å². The second kappa shape index (κ2) is 4.37. The minimum atomic E-state index is -0.667. The highest BCUT2D eigenvalue weighted by atomic mass is 16.1. The van der Waals surface area contributed by atoms with E-state index in [-0.39, 0.29) is 5.69 Å². The van der Waals surface area contributed by atoms with E-state index in [2.05, 4.69) is 15.0 Å². The number of hydrogen-bond donors (Lipinski definition) is 1. The third-order valence-electron chi connectivity index (χ3n) is 2.07. The number of nitrogens with zero attached hydrogens (tertiary/aromatic N) is 4. The average molecular weight is 225 g/mol. The van der Waals surface area contributed by atoms with Gasteiger partial charge in [0.1, 0.15) is 11.8 Å². The maximum Gasteiger partial charge on any atom is 0.269 e. The van der Waals surface area contributed by atoms with E-state index in [4.69, 9.17) is 11.0 Å². The molecule has 0 aliphatic carbocycles. The normalized spacial score (nSPS) is 9.59. The van der Waals surface area contributed by atoms with E-state index in [0.29, 0.717) is 17.0 Å². The first-order valence-electron chi connectivity index (χ1n) is 4.69. The van der Waals surface area contributed by atoms with Crippen LogP contribution in [0, 0.1) is 11.3 Å². The molecule has 0 fully saturated rings. The lowest BCUT2D eigenvalue weighted by molar-refractivity contribution is 0.0996. The Hall–Kier alpha value is -2.81. The highest BCUT2D eigenvalue weighted by Gasteiger charge is 2.13. The molecule has 2 rings (SSSR count). The molecule has 2 heterocycles. The van der Waals surface area contributed by atoms with Gasteiger partial charge in [0.05, 0.1) is 11.3 Å². The fourth-order valence-electron chi connectivity index (χ4n) is 1.31. The molecule has 2 aromatic rings. The first-order valence-corrected chi connectivity index (χ1v) is 4.69. The first-order chi connectivity index (χ1) is 8.22. The van der Waals surface area contributed by atoms with Gasteiger partial charge in [-0.2, -0.15) is 5.26 Å². The molecular weight excluding hydrogens is 218 g/mol. The highest BCUT2D eigenvalue weighted by molar-refractivity contribution is 5.96. The molecule has 0 aliphatic rings. The van der Waals surface area contributed by atoms with Crippen molar-refractivity contribution in [1.29, 1.82) is 5.26 Å². The maximum absolute atomic E-state index is 11.2. The van der Waals surface area contributed by atoms with Crippen LogP contribution in [0.25, 0.3) is 11.4 Å². The van der Waals surface area contributed by atoms with E-state index in [1.807, 2.05) is 6.07 Å². The van der Waals surface area contributed by atoms with Crippen molar-refractivity contribution in [2.45, 2.75) is 0 Å². The Morgan fingerprint density at radius 2 is 2.00 bits per heavy atom. The second-order valence-corrected chi connectivity index (χ2v) is 3.16. The Bertz CT molecular complexity index is 600. The summed E-state index contributed by atoms with van der Waals surface area (Å²) in [5, 5.41) is 8.65. The molecule has 17 heavy (non-hydrogen) atoms. The summed E-state index contributed by atoms with van der Waals surface area (Å²) in [4.78, 5) is 23.1. The quantitative estimate of drug-likeness (QED) is 0.801. The topological polar surface area (TPSA) is 106 Å². The van der Waals surface area contributed by atoms with Crippen LogP contribution >= 0.6 is 0 Å². The van der Waals surface area contributed by atoms with Crippen LogP contribution in [-0.2, 0) is 0 Å². The summed E-state index contributed by atoms with van der Waals surface area (Å²) in [6.07, 6.45) is 4.23. The van der Waals surface area contributed by atoms with Crippen molar-refractivity contribution < 1.29 is 4.79 Å². The number of nitrogens with two attached hydrogens (primary N) is 1. The van der Waals surface area contributed by atoms with E-state index < -0.39 is 5.91 Å². The van der Waals surface area contributed by atoms with Crippen LogP contribution in [0.5, 0.6) is 0 Å². The molecule has 0 aromatic carbocycles. The van der Waals surface area contributed by atoms with Crippen LogP contribution in [0.3, 0.4) is 0 Å². The van der Waals surface area contributed by atoms with E-state index in [1.54, 1.807) is 12.1 Å². The van der Waals surface area contributed by atoms with Crippen LogP contribution in [0.1, 0.15) is 16.1 Å². The fraction of sp³-hybridized carbons (Fsp3) is 0. The van der Waals surface area contributed by atoms with Crippen molar-refractivity contribution in [2.75, 3.05) is 0 Å². The summed E-state index contributed by atoms with van der Waals surface area (Å²) in [6.45, 7) is 0. The Labute approximate surface area is 96.8 Å². The van der Waals surface area contributed by atoms with Gasteiger partial charge in [0.25, 0.3) is 5.91 Å². The largest absolute Gasteiger partial charge is 0.364 e. The SMILES string of the molecule is N#Cc1ccc(-c2nccnc2C(N)=O)nc1. The molecule has 0 saturated heterocycles. The summed E-state index contributed by atoms with van der Waals surface area (Å²) in [5.74, 6) is -0.667. The molecule has 0 saturated carbocycles. The third kappa shape index (κ3) is 2.08. The predicted molar refractivity (Wildman–Crippen MR) is 58.5 cm³/mol. The van der Waals surface area contributed by atoms with E-state index in [9.17, 15) is 4.79 Å². The molecular formula is C11H7N5O. The van der Waals surface area contributed by atoms with Gasteiger partial charge in [0.15, 0.2) is 5.69 Å². The minimum Gasteiger partial charge on any atom is -0.364 e. The number of nitriles is 1. The number of pyridine rings is 1. The molecule has 0 unspecified atom stereocenters. The number of carbonyl (C=O) groups is 1. The maximum atomic E-state index is 11.2. The van der Waals surface area contributed by atoms with Gasteiger partial charge in [-0.15, -0.1) is 0 Å². The predicted octanol–water partition coefficient (Wildman–Crippen LogP) is 0.509. The van der Waals surface area contributed by atoms with Crippen molar-refractivity contribution in [1.82, 2.24) is 15.0 Å². The van der Waals surface area contributed by atoms with Gasteiger partial charge < -0.3 is 5.73 Å². The lowest BCUT2D eigenvalue weighted by Crippen LogP contribution is -2.15. The number of rotatable bonds is 2. The Morgan fingerprint density at radius 3 is 2.59 bits per heavy atom. The molecule has 0 spiro atoms. The van der Waals surface area contributed by atoms with Crippen LogP contribution in [0.15, 0.2) is 30.7 Å². The number of hydrogen-bond acceptors (Lipinski definition) is 5. The molecule has 6 heteroatoms. The summed E-state index contributed by atoms with van der Waals surface area (Å²) >= 11 is 0. The number of primary amides is 1. The standard InChI is InChI=1S/C11H7N5O/c12-5-7-1-2-8(16-6-7)9-10(11(13)17)15-4-3-14-9/h1-4,6H,(H2,13,17). The molecule has 6 nitrogen and oxygen atoms in total. The van der Waals surface area contributed by atoms with Crippen molar-refractivity contribution in [3.8, 4) is 17.5 Å². The van der Waals surface area contributed by atoms with E-state index in [1.165, 1.54) is 18.6 Å². The zero-order valence-corrected chi connectivity index (χ0v) is 8.66. The zero-order valence-electron chi connectivity index (χ0n) is 8.66. The zero-order chi connectivity index (χ0) is 12.3. The minimum absolute atomic E-state index is 0.0599. The van der Waals surface area contributed by atoms with Gasteiger partial charge in [-0.3, -0.25) is 14.8 Å². The molecule has 82 valence electrons.